The van der Waals surface area contributed by atoms with Gasteiger partial charge < -0.3 is 19.4 Å². The first-order valence-electron chi connectivity index (χ1n) is 10.7. The van der Waals surface area contributed by atoms with Crippen molar-refractivity contribution in [2.24, 2.45) is 0 Å². The lowest BCUT2D eigenvalue weighted by molar-refractivity contribution is -0.116. The number of hydrogen-bond acceptors (Lipinski definition) is 4. The van der Waals surface area contributed by atoms with Crippen LogP contribution in [0.5, 0.6) is 0 Å². The van der Waals surface area contributed by atoms with Gasteiger partial charge in [0.05, 0.1) is 6.61 Å². The summed E-state index contributed by atoms with van der Waals surface area (Å²) in [7, 11) is 0. The van der Waals surface area contributed by atoms with E-state index in [0.717, 1.165) is 63.1 Å². The first-order chi connectivity index (χ1) is 13.9. The molecule has 29 heavy (non-hydrogen) atoms. The molecule has 3 aliphatic heterocycles. The van der Waals surface area contributed by atoms with E-state index in [0.29, 0.717) is 19.2 Å². The molecule has 1 aromatic rings. The summed E-state index contributed by atoms with van der Waals surface area (Å²) in [6, 6.07) is 5.29. The van der Waals surface area contributed by atoms with Crippen molar-refractivity contribution < 1.29 is 18.7 Å². The number of nitrogens with zero attached hydrogens (tertiary/aromatic N) is 3. The average Bonchev–Trinajstić information content (AvgIpc) is 3.03. The number of rotatable bonds is 2. The molecule has 1 aromatic carbocycles. The van der Waals surface area contributed by atoms with Crippen LogP contribution in [0.15, 0.2) is 18.2 Å². The molecule has 2 amide bonds. The molecular formula is C22H30FN3O3. The number of carbonyl (C=O) groups excluding carboxylic acids is 2. The van der Waals surface area contributed by atoms with Crippen molar-refractivity contribution in [1.29, 1.82) is 0 Å². The second-order valence-electron chi connectivity index (χ2n) is 8.50. The molecule has 4 rings (SSSR count). The van der Waals surface area contributed by atoms with Crippen LogP contribution in [0.3, 0.4) is 0 Å². The minimum absolute atomic E-state index is 0.0171. The number of likely N-dealkylation sites (tertiary alicyclic amines) is 2. The van der Waals surface area contributed by atoms with Crippen LogP contribution in [0.25, 0.3) is 0 Å². The molecule has 2 fully saturated rings. The van der Waals surface area contributed by atoms with E-state index in [1.54, 1.807) is 24.0 Å². The largest absolute Gasteiger partial charge is 0.450 e. The fourth-order valence-electron chi connectivity index (χ4n) is 5.30. The summed E-state index contributed by atoms with van der Waals surface area (Å²) in [6.07, 6.45) is 3.54. The summed E-state index contributed by atoms with van der Waals surface area (Å²) in [6.45, 7) is 7.81. The third-order valence-corrected chi connectivity index (χ3v) is 6.92. The molecule has 0 aliphatic carbocycles. The first kappa shape index (κ1) is 20.1. The van der Waals surface area contributed by atoms with Crippen molar-refractivity contribution in [1.82, 2.24) is 9.80 Å². The van der Waals surface area contributed by atoms with Gasteiger partial charge in [0.1, 0.15) is 5.82 Å². The number of fused-ring (bicyclic) bond motifs is 2. The van der Waals surface area contributed by atoms with Crippen molar-refractivity contribution in [3.63, 3.8) is 0 Å². The number of hydrogen-bond donors (Lipinski definition) is 0. The van der Waals surface area contributed by atoms with Crippen LogP contribution in [0.4, 0.5) is 14.9 Å². The lowest BCUT2D eigenvalue weighted by atomic mass is 9.74. The Bertz CT molecular complexity index is 784. The Kier molecular flexibility index (Phi) is 5.51. The van der Waals surface area contributed by atoms with E-state index in [9.17, 15) is 14.0 Å². The quantitative estimate of drug-likeness (QED) is 0.761. The van der Waals surface area contributed by atoms with E-state index >= 15 is 0 Å². The predicted octanol–water partition coefficient (Wildman–Crippen LogP) is 3.15. The van der Waals surface area contributed by atoms with Gasteiger partial charge in [0.25, 0.3) is 0 Å². The van der Waals surface area contributed by atoms with Crippen LogP contribution in [-0.4, -0.2) is 67.2 Å². The summed E-state index contributed by atoms with van der Waals surface area (Å²) >= 11 is 0. The van der Waals surface area contributed by atoms with Gasteiger partial charge in [0.15, 0.2) is 0 Å². The topological polar surface area (TPSA) is 53.1 Å². The number of amides is 2. The Labute approximate surface area is 171 Å². The zero-order chi connectivity index (χ0) is 20.6. The molecule has 0 radical (unpaired) electrons. The minimum atomic E-state index is -0.234. The Morgan fingerprint density at radius 1 is 1.17 bits per heavy atom. The van der Waals surface area contributed by atoms with Gasteiger partial charge >= 0.3 is 6.09 Å². The van der Waals surface area contributed by atoms with E-state index in [4.69, 9.17) is 4.74 Å². The average molecular weight is 403 g/mol. The fourth-order valence-corrected chi connectivity index (χ4v) is 5.30. The smallest absolute Gasteiger partial charge is 0.409 e. The Morgan fingerprint density at radius 3 is 2.48 bits per heavy atom. The maximum absolute atomic E-state index is 14.0. The van der Waals surface area contributed by atoms with Gasteiger partial charge in [-0.25, -0.2) is 9.18 Å². The molecule has 0 aromatic heterocycles. The summed E-state index contributed by atoms with van der Waals surface area (Å²) in [5, 5.41) is 0. The van der Waals surface area contributed by atoms with E-state index in [1.165, 1.54) is 6.07 Å². The lowest BCUT2D eigenvalue weighted by Crippen LogP contribution is -2.52. The van der Waals surface area contributed by atoms with Gasteiger partial charge in [0, 0.05) is 43.7 Å². The van der Waals surface area contributed by atoms with Crippen LogP contribution in [0.1, 0.15) is 45.1 Å². The Balaban J connectivity index is 1.41. The molecule has 1 spiro atoms. The molecule has 0 saturated carbocycles. The van der Waals surface area contributed by atoms with Gasteiger partial charge in [-0.2, -0.15) is 0 Å². The Morgan fingerprint density at radius 2 is 1.86 bits per heavy atom. The van der Waals surface area contributed by atoms with Crippen molar-refractivity contribution in [2.75, 3.05) is 44.2 Å². The maximum atomic E-state index is 14.0. The third kappa shape index (κ3) is 3.72. The van der Waals surface area contributed by atoms with Gasteiger partial charge in [0.2, 0.25) is 5.91 Å². The van der Waals surface area contributed by atoms with Crippen molar-refractivity contribution in [3.8, 4) is 0 Å². The molecule has 0 atom stereocenters. The van der Waals surface area contributed by atoms with Crippen LogP contribution in [0, 0.1) is 5.82 Å². The van der Waals surface area contributed by atoms with Crippen molar-refractivity contribution in [3.05, 3.63) is 29.6 Å². The number of halogens is 1. The highest BCUT2D eigenvalue weighted by Gasteiger charge is 2.46. The number of anilines is 1. The molecule has 3 heterocycles. The highest BCUT2D eigenvalue weighted by molar-refractivity contribution is 5.94. The van der Waals surface area contributed by atoms with E-state index in [-0.39, 0.29) is 23.2 Å². The standard InChI is InChI=1S/C22H30FN3O3/c1-3-29-21(28)25-10-6-18(7-11-25)24-12-8-22(9-13-24)15-26(16(2)27)20-5-4-17(23)14-19(20)22/h4-5,14,18H,3,6-13,15H2,1-2H3. The second-order valence-corrected chi connectivity index (χ2v) is 8.50. The van der Waals surface area contributed by atoms with Gasteiger partial charge in [-0.05, 0) is 69.5 Å². The molecule has 6 nitrogen and oxygen atoms in total. The van der Waals surface area contributed by atoms with Crippen molar-refractivity contribution >= 4 is 17.7 Å². The number of ether oxygens (including phenoxy) is 1. The van der Waals surface area contributed by atoms with Gasteiger partial charge in [-0.15, -0.1) is 0 Å². The lowest BCUT2D eigenvalue weighted by Gasteiger charge is -2.45. The molecule has 158 valence electrons. The molecule has 7 heteroatoms. The number of carbonyl (C=O) groups is 2. The summed E-state index contributed by atoms with van der Waals surface area (Å²) in [5.41, 5.74) is 1.71. The van der Waals surface area contributed by atoms with E-state index in [2.05, 4.69) is 4.90 Å². The minimum Gasteiger partial charge on any atom is -0.450 e. The highest BCUT2D eigenvalue weighted by Crippen LogP contribution is 2.47. The second kappa shape index (κ2) is 7.94. The van der Waals surface area contributed by atoms with Gasteiger partial charge in [-0.3, -0.25) is 4.79 Å². The normalized spacial score (nSPS) is 22.0. The van der Waals surface area contributed by atoms with Gasteiger partial charge in [-0.1, -0.05) is 0 Å². The number of piperidine rings is 2. The molecule has 3 aliphatic rings. The van der Waals surface area contributed by atoms with Crippen LogP contribution in [-0.2, 0) is 14.9 Å². The summed E-state index contributed by atoms with van der Waals surface area (Å²) in [5.74, 6) is -0.217. The van der Waals surface area contributed by atoms with Crippen LogP contribution in [0.2, 0.25) is 0 Å². The molecule has 0 N–H and O–H groups in total. The monoisotopic (exact) mass is 403 g/mol. The summed E-state index contributed by atoms with van der Waals surface area (Å²) < 4.78 is 19.1. The molecule has 2 saturated heterocycles. The van der Waals surface area contributed by atoms with Crippen molar-refractivity contribution in [2.45, 2.75) is 51.0 Å². The first-order valence-corrected chi connectivity index (χ1v) is 10.7. The Hall–Kier alpha value is -2.15. The fraction of sp³-hybridized carbons (Fsp3) is 0.636. The number of benzene rings is 1. The van der Waals surface area contributed by atoms with E-state index < -0.39 is 0 Å². The maximum Gasteiger partial charge on any atom is 0.409 e. The van der Waals surface area contributed by atoms with Crippen LogP contribution >= 0.6 is 0 Å². The zero-order valence-electron chi connectivity index (χ0n) is 17.3. The van der Waals surface area contributed by atoms with Crippen LogP contribution < -0.4 is 4.90 Å². The molecular weight excluding hydrogens is 373 g/mol. The van der Waals surface area contributed by atoms with E-state index in [1.807, 2.05) is 11.8 Å². The predicted molar refractivity (Wildman–Crippen MR) is 109 cm³/mol. The SMILES string of the molecule is CCOC(=O)N1CCC(N2CCC3(CC2)CN(C(C)=O)c2ccc(F)cc23)CC1. The summed E-state index contributed by atoms with van der Waals surface area (Å²) in [4.78, 5) is 30.2. The highest BCUT2D eigenvalue weighted by atomic mass is 19.1. The zero-order valence-corrected chi connectivity index (χ0v) is 17.3. The molecule has 0 unspecified atom stereocenters. The third-order valence-electron chi connectivity index (χ3n) is 6.92. The molecule has 0 bridgehead atoms.